The van der Waals surface area contributed by atoms with Crippen LogP contribution >= 0.6 is 0 Å². The van der Waals surface area contributed by atoms with Crippen molar-refractivity contribution in [2.45, 2.75) is 33.8 Å². The molecule has 2 heterocycles. The number of aromatic nitrogens is 3. The van der Waals surface area contributed by atoms with Gasteiger partial charge < -0.3 is 19.9 Å². The predicted molar refractivity (Wildman–Crippen MR) is 96.8 cm³/mol. The molecule has 0 amide bonds. The highest BCUT2D eigenvalue weighted by Crippen LogP contribution is 2.22. The standard InChI is InChI=1S/C18H21N5O2/c1-11(2)24-15-7-5-14(6-8-15)21-16-10-17(20-13(4)19-16)22-18-9-12(3)25-23-18/h5-11H,1-4H3,(H2,19,20,21,22,23). The summed E-state index contributed by atoms with van der Waals surface area (Å²) >= 11 is 0. The van der Waals surface area contributed by atoms with Crippen molar-refractivity contribution in [3.8, 4) is 5.75 Å². The maximum absolute atomic E-state index is 5.65. The second-order valence-corrected chi connectivity index (χ2v) is 5.95. The van der Waals surface area contributed by atoms with Gasteiger partial charge in [-0.05, 0) is 52.0 Å². The van der Waals surface area contributed by atoms with E-state index in [0.29, 0.717) is 23.3 Å². The second kappa shape index (κ2) is 7.21. The molecule has 3 rings (SSSR count). The molecule has 0 saturated carbocycles. The van der Waals surface area contributed by atoms with E-state index in [1.54, 1.807) is 6.07 Å². The minimum absolute atomic E-state index is 0.150. The molecule has 2 N–H and O–H groups in total. The van der Waals surface area contributed by atoms with E-state index in [9.17, 15) is 0 Å². The van der Waals surface area contributed by atoms with Crippen molar-refractivity contribution in [3.05, 3.63) is 48.0 Å². The van der Waals surface area contributed by atoms with Gasteiger partial charge in [0.2, 0.25) is 0 Å². The van der Waals surface area contributed by atoms with Gasteiger partial charge in [-0.2, -0.15) is 0 Å². The summed E-state index contributed by atoms with van der Waals surface area (Å²) in [5.74, 6) is 4.15. The predicted octanol–water partition coefficient (Wildman–Crippen LogP) is 4.36. The van der Waals surface area contributed by atoms with Crippen molar-refractivity contribution in [1.29, 1.82) is 0 Å². The highest BCUT2D eigenvalue weighted by molar-refractivity contribution is 5.62. The van der Waals surface area contributed by atoms with Gasteiger partial charge in [0.15, 0.2) is 5.82 Å². The van der Waals surface area contributed by atoms with Gasteiger partial charge in [-0.15, -0.1) is 0 Å². The molecule has 130 valence electrons. The van der Waals surface area contributed by atoms with E-state index in [-0.39, 0.29) is 6.10 Å². The topological polar surface area (TPSA) is 85.1 Å². The Hall–Kier alpha value is -3.09. The molecule has 0 radical (unpaired) electrons. The molecule has 2 aromatic heterocycles. The Morgan fingerprint density at radius 3 is 2.20 bits per heavy atom. The molecular weight excluding hydrogens is 318 g/mol. The monoisotopic (exact) mass is 339 g/mol. The summed E-state index contributed by atoms with van der Waals surface area (Å²) in [4.78, 5) is 8.77. The molecule has 0 atom stereocenters. The number of ether oxygens (including phenoxy) is 1. The molecule has 7 nitrogen and oxygen atoms in total. The molecule has 25 heavy (non-hydrogen) atoms. The number of aryl methyl sites for hydroxylation is 2. The number of rotatable bonds is 6. The van der Waals surface area contributed by atoms with Crippen molar-refractivity contribution in [1.82, 2.24) is 15.1 Å². The number of anilines is 4. The quantitative estimate of drug-likeness (QED) is 0.690. The summed E-state index contributed by atoms with van der Waals surface area (Å²) in [6.45, 7) is 7.68. The van der Waals surface area contributed by atoms with E-state index < -0.39 is 0 Å². The highest BCUT2D eigenvalue weighted by atomic mass is 16.5. The van der Waals surface area contributed by atoms with Crippen LogP contribution in [0.3, 0.4) is 0 Å². The Kier molecular flexibility index (Phi) is 4.83. The third kappa shape index (κ3) is 4.69. The lowest BCUT2D eigenvalue weighted by atomic mass is 10.3. The first-order valence-electron chi connectivity index (χ1n) is 8.08. The average molecular weight is 339 g/mol. The van der Waals surface area contributed by atoms with Crippen LogP contribution < -0.4 is 15.4 Å². The summed E-state index contributed by atoms with van der Waals surface area (Å²) in [5.41, 5.74) is 0.914. The molecule has 0 aliphatic heterocycles. The number of nitrogens with one attached hydrogen (secondary N) is 2. The van der Waals surface area contributed by atoms with Gasteiger partial charge in [-0.3, -0.25) is 0 Å². The van der Waals surface area contributed by atoms with Gasteiger partial charge in [0, 0.05) is 17.8 Å². The van der Waals surface area contributed by atoms with Crippen LogP contribution in [0.25, 0.3) is 0 Å². The smallest absolute Gasteiger partial charge is 0.175 e. The second-order valence-electron chi connectivity index (χ2n) is 5.95. The Labute approximate surface area is 146 Å². The van der Waals surface area contributed by atoms with E-state index in [2.05, 4.69) is 25.8 Å². The zero-order valence-electron chi connectivity index (χ0n) is 14.7. The number of benzene rings is 1. The minimum atomic E-state index is 0.150. The first-order chi connectivity index (χ1) is 12.0. The number of nitrogens with zero attached hydrogens (tertiary/aromatic N) is 3. The molecule has 0 unspecified atom stereocenters. The van der Waals surface area contributed by atoms with Gasteiger partial charge in [-0.1, -0.05) is 5.16 Å². The zero-order chi connectivity index (χ0) is 17.8. The van der Waals surface area contributed by atoms with Crippen LogP contribution in [-0.2, 0) is 0 Å². The Bertz CT molecular complexity index is 843. The molecule has 0 saturated heterocycles. The first-order valence-corrected chi connectivity index (χ1v) is 8.08. The Morgan fingerprint density at radius 2 is 1.60 bits per heavy atom. The van der Waals surface area contributed by atoms with Crippen LogP contribution in [-0.4, -0.2) is 21.2 Å². The van der Waals surface area contributed by atoms with E-state index in [1.807, 2.05) is 58.0 Å². The summed E-state index contributed by atoms with van der Waals surface area (Å²) in [5, 5.41) is 10.3. The molecular formula is C18H21N5O2. The van der Waals surface area contributed by atoms with Crippen LogP contribution in [0.15, 0.2) is 40.9 Å². The molecule has 0 aliphatic rings. The zero-order valence-corrected chi connectivity index (χ0v) is 14.7. The SMILES string of the molecule is Cc1nc(Nc2ccc(OC(C)C)cc2)cc(Nc2cc(C)on2)n1. The maximum Gasteiger partial charge on any atom is 0.175 e. The minimum Gasteiger partial charge on any atom is -0.491 e. The number of hydrogen-bond acceptors (Lipinski definition) is 7. The summed E-state index contributed by atoms with van der Waals surface area (Å²) in [6, 6.07) is 11.4. The summed E-state index contributed by atoms with van der Waals surface area (Å²) < 4.78 is 10.7. The fourth-order valence-corrected chi connectivity index (χ4v) is 2.29. The van der Waals surface area contributed by atoms with E-state index in [0.717, 1.165) is 17.2 Å². The number of hydrogen-bond donors (Lipinski definition) is 2. The molecule has 0 aliphatic carbocycles. The summed E-state index contributed by atoms with van der Waals surface area (Å²) in [6.07, 6.45) is 0.150. The van der Waals surface area contributed by atoms with Gasteiger partial charge >= 0.3 is 0 Å². The molecule has 3 aromatic rings. The van der Waals surface area contributed by atoms with Gasteiger partial charge in [0.1, 0.15) is 29.0 Å². The summed E-state index contributed by atoms with van der Waals surface area (Å²) in [7, 11) is 0. The molecule has 0 spiro atoms. The lowest BCUT2D eigenvalue weighted by Crippen LogP contribution is -2.05. The molecule has 0 fully saturated rings. The van der Waals surface area contributed by atoms with Gasteiger partial charge in [-0.25, -0.2) is 9.97 Å². The lowest BCUT2D eigenvalue weighted by Gasteiger charge is -2.11. The van der Waals surface area contributed by atoms with Crippen LogP contribution in [0.2, 0.25) is 0 Å². The van der Waals surface area contributed by atoms with Crippen LogP contribution in [0.4, 0.5) is 23.1 Å². The van der Waals surface area contributed by atoms with Crippen LogP contribution in [0, 0.1) is 13.8 Å². The van der Waals surface area contributed by atoms with Crippen molar-refractivity contribution < 1.29 is 9.26 Å². The Morgan fingerprint density at radius 1 is 0.920 bits per heavy atom. The Balaban J connectivity index is 1.73. The van der Waals surface area contributed by atoms with Crippen molar-refractivity contribution in [3.63, 3.8) is 0 Å². The van der Waals surface area contributed by atoms with E-state index in [1.165, 1.54) is 0 Å². The normalized spacial score (nSPS) is 10.8. The molecule has 7 heteroatoms. The maximum atomic E-state index is 5.65. The average Bonchev–Trinajstić information content (AvgIpc) is 2.93. The third-order valence-electron chi connectivity index (χ3n) is 3.22. The van der Waals surface area contributed by atoms with Crippen LogP contribution in [0.1, 0.15) is 25.4 Å². The van der Waals surface area contributed by atoms with E-state index >= 15 is 0 Å². The molecule has 0 bridgehead atoms. The fraction of sp³-hybridized carbons (Fsp3) is 0.278. The van der Waals surface area contributed by atoms with Crippen LogP contribution in [0.5, 0.6) is 5.75 Å². The first kappa shape index (κ1) is 16.8. The third-order valence-corrected chi connectivity index (χ3v) is 3.22. The van der Waals surface area contributed by atoms with E-state index in [4.69, 9.17) is 9.26 Å². The lowest BCUT2D eigenvalue weighted by molar-refractivity contribution is 0.242. The highest BCUT2D eigenvalue weighted by Gasteiger charge is 2.06. The fourth-order valence-electron chi connectivity index (χ4n) is 2.29. The molecule has 1 aromatic carbocycles. The van der Waals surface area contributed by atoms with Crippen molar-refractivity contribution in [2.24, 2.45) is 0 Å². The van der Waals surface area contributed by atoms with Gasteiger partial charge in [0.25, 0.3) is 0 Å². The van der Waals surface area contributed by atoms with Crippen molar-refractivity contribution in [2.75, 3.05) is 10.6 Å². The largest absolute Gasteiger partial charge is 0.491 e. The van der Waals surface area contributed by atoms with Gasteiger partial charge in [0.05, 0.1) is 6.10 Å². The van der Waals surface area contributed by atoms with Crippen molar-refractivity contribution >= 4 is 23.1 Å².